The number of halogens is 4. The van der Waals surface area contributed by atoms with Crippen LogP contribution in [0.3, 0.4) is 0 Å². The van der Waals surface area contributed by atoms with E-state index in [9.17, 15) is 8.78 Å². The first-order chi connectivity index (χ1) is 8.06. The average molecular weight is 322 g/mol. The third-order valence-corrected chi connectivity index (χ3v) is 2.41. The predicted octanol–water partition coefficient (Wildman–Crippen LogP) is 3.96. The SMILES string of the molecule is Fc1cc(Br)cc(Oc2ccnc(Cl)n2)c1F. The minimum absolute atomic E-state index is 0.0291. The summed E-state index contributed by atoms with van der Waals surface area (Å²) in [7, 11) is 0. The lowest BCUT2D eigenvalue weighted by Gasteiger charge is -2.06. The normalized spacial score (nSPS) is 10.4. The monoisotopic (exact) mass is 320 g/mol. The van der Waals surface area contributed by atoms with E-state index in [0.717, 1.165) is 6.07 Å². The van der Waals surface area contributed by atoms with Gasteiger partial charge in [0.1, 0.15) is 0 Å². The fourth-order valence-corrected chi connectivity index (χ4v) is 1.64. The molecule has 0 bridgehead atoms. The van der Waals surface area contributed by atoms with Crippen molar-refractivity contribution >= 4 is 27.5 Å². The second-order valence-electron chi connectivity index (χ2n) is 2.97. The predicted molar refractivity (Wildman–Crippen MR) is 61.2 cm³/mol. The molecule has 3 nitrogen and oxygen atoms in total. The van der Waals surface area contributed by atoms with E-state index in [0.29, 0.717) is 4.47 Å². The smallest absolute Gasteiger partial charge is 0.225 e. The van der Waals surface area contributed by atoms with E-state index in [1.165, 1.54) is 18.3 Å². The third-order valence-electron chi connectivity index (χ3n) is 1.77. The van der Waals surface area contributed by atoms with E-state index in [4.69, 9.17) is 16.3 Å². The molecule has 0 aliphatic rings. The van der Waals surface area contributed by atoms with Gasteiger partial charge in [0.25, 0.3) is 0 Å². The van der Waals surface area contributed by atoms with Crippen molar-refractivity contribution in [2.45, 2.75) is 0 Å². The van der Waals surface area contributed by atoms with Crippen LogP contribution in [0.15, 0.2) is 28.9 Å². The molecule has 0 atom stereocenters. The minimum Gasteiger partial charge on any atom is -0.436 e. The maximum absolute atomic E-state index is 13.4. The van der Waals surface area contributed by atoms with Crippen LogP contribution in [0.25, 0.3) is 0 Å². The van der Waals surface area contributed by atoms with Crippen molar-refractivity contribution in [3.8, 4) is 11.6 Å². The Kier molecular flexibility index (Phi) is 3.54. The maximum atomic E-state index is 13.4. The fraction of sp³-hybridized carbons (Fsp3) is 0. The van der Waals surface area contributed by atoms with Crippen molar-refractivity contribution in [1.29, 1.82) is 0 Å². The molecule has 0 aliphatic carbocycles. The van der Waals surface area contributed by atoms with Crippen LogP contribution < -0.4 is 4.74 Å². The lowest BCUT2D eigenvalue weighted by Crippen LogP contribution is -1.94. The summed E-state index contributed by atoms with van der Waals surface area (Å²) >= 11 is 8.56. The molecule has 0 unspecified atom stereocenters. The highest BCUT2D eigenvalue weighted by Crippen LogP contribution is 2.28. The van der Waals surface area contributed by atoms with Crippen molar-refractivity contribution in [3.63, 3.8) is 0 Å². The van der Waals surface area contributed by atoms with Crippen LogP contribution >= 0.6 is 27.5 Å². The standard InChI is InChI=1S/C10H4BrClF2N2O/c11-5-3-6(13)9(14)7(4-5)17-8-1-2-15-10(12)16-8/h1-4H. The van der Waals surface area contributed by atoms with Crippen LogP contribution in [0.1, 0.15) is 0 Å². The Morgan fingerprint density at radius 3 is 2.76 bits per heavy atom. The first-order valence-electron chi connectivity index (χ1n) is 4.37. The van der Waals surface area contributed by atoms with Crippen LogP contribution in [0.2, 0.25) is 5.28 Å². The van der Waals surface area contributed by atoms with Gasteiger partial charge in [-0.25, -0.2) is 9.37 Å². The van der Waals surface area contributed by atoms with E-state index >= 15 is 0 Å². The summed E-state index contributed by atoms with van der Waals surface area (Å²) < 4.78 is 31.9. The third kappa shape index (κ3) is 2.89. The topological polar surface area (TPSA) is 35.0 Å². The van der Waals surface area contributed by atoms with E-state index in [2.05, 4.69) is 25.9 Å². The number of hydrogen-bond donors (Lipinski definition) is 0. The van der Waals surface area contributed by atoms with Crippen LogP contribution in [-0.2, 0) is 0 Å². The summed E-state index contributed by atoms with van der Waals surface area (Å²) in [6.45, 7) is 0. The van der Waals surface area contributed by atoms with Gasteiger partial charge in [-0.15, -0.1) is 0 Å². The second kappa shape index (κ2) is 4.93. The van der Waals surface area contributed by atoms with Gasteiger partial charge in [0.15, 0.2) is 11.6 Å². The fourth-order valence-electron chi connectivity index (χ4n) is 1.10. The summed E-state index contributed by atoms with van der Waals surface area (Å²) in [5.74, 6) is -2.37. The lowest BCUT2D eigenvalue weighted by atomic mass is 10.3. The Bertz CT molecular complexity index is 568. The molecule has 0 radical (unpaired) electrons. The molecule has 88 valence electrons. The Hall–Kier alpha value is -1.27. The van der Waals surface area contributed by atoms with E-state index < -0.39 is 11.6 Å². The highest BCUT2D eigenvalue weighted by Gasteiger charge is 2.12. The molecular weight excluding hydrogens is 317 g/mol. The zero-order chi connectivity index (χ0) is 12.4. The molecule has 0 N–H and O–H groups in total. The Morgan fingerprint density at radius 1 is 1.29 bits per heavy atom. The Balaban J connectivity index is 2.36. The molecule has 0 fully saturated rings. The summed E-state index contributed by atoms with van der Waals surface area (Å²) in [6.07, 6.45) is 1.34. The van der Waals surface area contributed by atoms with Crippen molar-refractivity contribution in [3.05, 3.63) is 45.8 Å². The number of rotatable bonds is 2. The summed E-state index contributed by atoms with van der Waals surface area (Å²) in [6, 6.07) is 3.66. The molecule has 1 aromatic carbocycles. The van der Waals surface area contributed by atoms with Crippen molar-refractivity contribution < 1.29 is 13.5 Å². The zero-order valence-corrected chi connectivity index (χ0v) is 10.5. The molecule has 0 saturated heterocycles. The molecule has 1 aromatic heterocycles. The van der Waals surface area contributed by atoms with Crippen molar-refractivity contribution in [1.82, 2.24) is 9.97 Å². The van der Waals surface area contributed by atoms with Gasteiger partial charge in [-0.2, -0.15) is 9.37 Å². The van der Waals surface area contributed by atoms with Crippen molar-refractivity contribution in [2.75, 3.05) is 0 Å². The highest BCUT2D eigenvalue weighted by atomic mass is 79.9. The molecule has 0 saturated carbocycles. The van der Waals surface area contributed by atoms with E-state index in [-0.39, 0.29) is 16.9 Å². The second-order valence-corrected chi connectivity index (χ2v) is 4.22. The zero-order valence-electron chi connectivity index (χ0n) is 8.12. The van der Waals surface area contributed by atoms with Gasteiger partial charge >= 0.3 is 0 Å². The Labute approximate surface area is 109 Å². The van der Waals surface area contributed by atoms with Crippen LogP contribution in [0.4, 0.5) is 8.78 Å². The number of hydrogen-bond acceptors (Lipinski definition) is 3. The lowest BCUT2D eigenvalue weighted by molar-refractivity contribution is 0.404. The molecule has 2 aromatic rings. The highest BCUT2D eigenvalue weighted by molar-refractivity contribution is 9.10. The molecule has 0 amide bonds. The number of benzene rings is 1. The molecule has 17 heavy (non-hydrogen) atoms. The van der Waals surface area contributed by atoms with Gasteiger partial charge < -0.3 is 4.74 Å². The molecule has 7 heteroatoms. The average Bonchev–Trinajstić information content (AvgIpc) is 2.25. The molecule has 0 aliphatic heterocycles. The maximum Gasteiger partial charge on any atom is 0.225 e. The molecule has 1 heterocycles. The summed E-state index contributed by atoms with van der Waals surface area (Å²) in [5.41, 5.74) is 0. The van der Waals surface area contributed by atoms with Gasteiger partial charge in [0.2, 0.25) is 17.0 Å². The van der Waals surface area contributed by atoms with Gasteiger partial charge in [-0.1, -0.05) is 15.9 Å². The molecule has 2 rings (SSSR count). The van der Waals surface area contributed by atoms with Gasteiger partial charge in [0, 0.05) is 16.7 Å². The van der Waals surface area contributed by atoms with E-state index in [1.807, 2.05) is 0 Å². The van der Waals surface area contributed by atoms with Gasteiger partial charge in [0.05, 0.1) is 0 Å². The minimum atomic E-state index is -1.09. The van der Waals surface area contributed by atoms with Gasteiger partial charge in [-0.3, -0.25) is 0 Å². The molecule has 0 spiro atoms. The number of ether oxygens (including phenoxy) is 1. The number of nitrogens with zero attached hydrogens (tertiary/aromatic N) is 2. The first-order valence-corrected chi connectivity index (χ1v) is 5.54. The largest absolute Gasteiger partial charge is 0.436 e. The number of aromatic nitrogens is 2. The Morgan fingerprint density at radius 2 is 2.06 bits per heavy atom. The van der Waals surface area contributed by atoms with Crippen LogP contribution in [-0.4, -0.2) is 9.97 Å². The molecular formula is C10H4BrClF2N2O. The van der Waals surface area contributed by atoms with Crippen LogP contribution in [0, 0.1) is 11.6 Å². The quantitative estimate of drug-likeness (QED) is 0.620. The first kappa shape index (κ1) is 12.2. The van der Waals surface area contributed by atoms with Crippen LogP contribution in [0.5, 0.6) is 11.6 Å². The summed E-state index contributed by atoms with van der Waals surface area (Å²) in [4.78, 5) is 7.33. The van der Waals surface area contributed by atoms with E-state index in [1.54, 1.807) is 0 Å². The van der Waals surface area contributed by atoms with Gasteiger partial charge in [-0.05, 0) is 23.7 Å². The van der Waals surface area contributed by atoms with Crippen molar-refractivity contribution in [2.24, 2.45) is 0 Å². The summed E-state index contributed by atoms with van der Waals surface area (Å²) in [5, 5.41) is -0.0432.